The number of likely N-dealkylation sites (N-methyl/N-ethyl adjacent to an activating group) is 1. The van der Waals surface area contributed by atoms with Gasteiger partial charge in [-0.25, -0.2) is 0 Å². The first-order valence-electron chi connectivity index (χ1n) is 8.47. The van der Waals surface area contributed by atoms with Crippen LogP contribution < -0.4 is 5.32 Å². The molecule has 3 amide bonds. The minimum atomic E-state index is -0.313. The Hall–Kier alpha value is -2.63. The number of piperidine rings is 1. The van der Waals surface area contributed by atoms with E-state index in [-0.39, 0.29) is 24.3 Å². The molecular formula is C19H25N3O3. The van der Waals surface area contributed by atoms with Crippen molar-refractivity contribution in [3.8, 4) is 0 Å². The van der Waals surface area contributed by atoms with E-state index < -0.39 is 0 Å². The number of amides is 3. The summed E-state index contributed by atoms with van der Waals surface area (Å²) in [6.07, 6.45) is 3.24. The Bertz CT molecular complexity index is 646. The first-order chi connectivity index (χ1) is 11.9. The van der Waals surface area contributed by atoms with Crippen molar-refractivity contribution in [3.05, 3.63) is 42.5 Å². The van der Waals surface area contributed by atoms with Crippen LogP contribution in [0.5, 0.6) is 0 Å². The molecule has 6 heteroatoms. The molecule has 1 aliphatic rings. The molecule has 1 N–H and O–H groups in total. The summed E-state index contributed by atoms with van der Waals surface area (Å²) in [5, 5.41) is 2.71. The Morgan fingerprint density at radius 1 is 1.24 bits per heavy atom. The van der Waals surface area contributed by atoms with Crippen molar-refractivity contribution in [3.63, 3.8) is 0 Å². The molecule has 0 unspecified atom stereocenters. The lowest BCUT2D eigenvalue weighted by Gasteiger charge is -2.30. The minimum absolute atomic E-state index is 0.0288. The van der Waals surface area contributed by atoms with Crippen LogP contribution >= 0.6 is 0 Å². The van der Waals surface area contributed by atoms with Crippen LogP contribution in [0.15, 0.2) is 36.9 Å². The highest BCUT2D eigenvalue weighted by Gasteiger charge is 2.21. The van der Waals surface area contributed by atoms with E-state index in [1.54, 1.807) is 24.3 Å². The van der Waals surface area contributed by atoms with Crippen molar-refractivity contribution in [1.82, 2.24) is 9.80 Å². The number of likely N-dealkylation sites (tertiary alicyclic amines) is 1. The zero-order valence-electron chi connectivity index (χ0n) is 14.8. The number of nitrogens with zero attached hydrogens (tertiary/aromatic N) is 2. The monoisotopic (exact) mass is 343 g/mol. The smallest absolute Gasteiger partial charge is 0.253 e. The molecule has 1 saturated heterocycles. The third kappa shape index (κ3) is 5.17. The zero-order chi connectivity index (χ0) is 18.4. The molecule has 1 heterocycles. The number of anilines is 1. The highest BCUT2D eigenvalue weighted by atomic mass is 16.2. The van der Waals surface area contributed by atoms with Gasteiger partial charge in [-0.05, 0) is 49.1 Å². The van der Waals surface area contributed by atoms with Gasteiger partial charge in [0, 0.05) is 31.4 Å². The molecule has 0 aromatic heterocycles. The van der Waals surface area contributed by atoms with Crippen molar-refractivity contribution in [2.45, 2.75) is 19.8 Å². The summed E-state index contributed by atoms with van der Waals surface area (Å²) in [5.41, 5.74) is 1.21. The first-order valence-corrected chi connectivity index (χ1v) is 8.47. The van der Waals surface area contributed by atoms with E-state index in [4.69, 9.17) is 0 Å². The Morgan fingerprint density at radius 2 is 1.84 bits per heavy atom. The lowest BCUT2D eigenvalue weighted by atomic mass is 9.98. The van der Waals surface area contributed by atoms with Gasteiger partial charge in [0.25, 0.3) is 5.91 Å². The van der Waals surface area contributed by atoms with E-state index in [1.807, 2.05) is 4.90 Å². The standard InChI is InChI=1S/C19H25N3O3/c1-4-18(24)21(3)13-17(23)20-16-7-5-15(6-8-16)19(25)22-11-9-14(2)10-12-22/h4-8,14H,1,9-13H2,2-3H3,(H,20,23). The van der Waals surface area contributed by atoms with E-state index in [2.05, 4.69) is 18.8 Å². The maximum atomic E-state index is 12.5. The molecule has 0 bridgehead atoms. The number of hydrogen-bond donors (Lipinski definition) is 1. The predicted molar refractivity (Wildman–Crippen MR) is 97.2 cm³/mol. The van der Waals surface area contributed by atoms with E-state index in [9.17, 15) is 14.4 Å². The average Bonchev–Trinajstić information content (AvgIpc) is 2.61. The van der Waals surface area contributed by atoms with Crippen LogP contribution in [0, 0.1) is 5.92 Å². The molecule has 0 aliphatic carbocycles. The molecular weight excluding hydrogens is 318 g/mol. The predicted octanol–water partition coefficient (Wildman–Crippen LogP) is 2.14. The lowest BCUT2D eigenvalue weighted by Crippen LogP contribution is -2.37. The van der Waals surface area contributed by atoms with Crippen molar-refractivity contribution in [2.24, 2.45) is 5.92 Å². The lowest BCUT2D eigenvalue weighted by molar-refractivity contribution is -0.129. The summed E-state index contributed by atoms with van der Waals surface area (Å²) in [4.78, 5) is 38.9. The number of carbonyl (C=O) groups excluding carboxylic acids is 3. The van der Waals surface area contributed by atoms with Crippen molar-refractivity contribution >= 4 is 23.4 Å². The second kappa shape index (κ2) is 8.46. The molecule has 0 atom stereocenters. The van der Waals surface area contributed by atoms with Gasteiger partial charge in [-0.1, -0.05) is 13.5 Å². The van der Waals surface area contributed by atoms with Crippen LogP contribution in [-0.4, -0.2) is 54.2 Å². The van der Waals surface area contributed by atoms with Gasteiger partial charge in [-0.2, -0.15) is 0 Å². The summed E-state index contributed by atoms with van der Waals surface area (Å²) in [7, 11) is 1.53. The SMILES string of the molecule is C=CC(=O)N(C)CC(=O)Nc1ccc(C(=O)N2CCC(C)CC2)cc1. The average molecular weight is 343 g/mol. The molecule has 25 heavy (non-hydrogen) atoms. The molecule has 134 valence electrons. The topological polar surface area (TPSA) is 69.7 Å². The quantitative estimate of drug-likeness (QED) is 0.833. The van der Waals surface area contributed by atoms with Crippen LogP contribution in [0.1, 0.15) is 30.1 Å². The molecule has 2 rings (SSSR count). The maximum Gasteiger partial charge on any atom is 0.253 e. The Morgan fingerprint density at radius 3 is 2.40 bits per heavy atom. The molecule has 0 radical (unpaired) electrons. The van der Waals surface area contributed by atoms with Crippen LogP contribution in [0.4, 0.5) is 5.69 Å². The maximum absolute atomic E-state index is 12.5. The largest absolute Gasteiger partial charge is 0.339 e. The fourth-order valence-electron chi connectivity index (χ4n) is 2.74. The van der Waals surface area contributed by atoms with Crippen LogP contribution in [0.25, 0.3) is 0 Å². The van der Waals surface area contributed by atoms with Crippen LogP contribution in [0.3, 0.4) is 0 Å². The number of carbonyl (C=O) groups is 3. The molecule has 1 fully saturated rings. The summed E-state index contributed by atoms with van der Waals surface area (Å²) in [6, 6.07) is 6.84. The first kappa shape index (κ1) is 18.7. The second-order valence-corrected chi connectivity index (χ2v) is 6.50. The van der Waals surface area contributed by atoms with Gasteiger partial charge in [0.2, 0.25) is 11.8 Å². The zero-order valence-corrected chi connectivity index (χ0v) is 14.8. The number of benzene rings is 1. The summed E-state index contributed by atoms with van der Waals surface area (Å²) in [6.45, 7) is 7.12. The van der Waals surface area contributed by atoms with E-state index in [1.165, 1.54) is 11.9 Å². The van der Waals surface area contributed by atoms with Crippen LogP contribution in [0.2, 0.25) is 0 Å². The Balaban J connectivity index is 1.91. The van der Waals surface area contributed by atoms with Crippen molar-refractivity contribution in [1.29, 1.82) is 0 Å². The summed E-state index contributed by atoms with van der Waals surface area (Å²) >= 11 is 0. The highest BCUT2D eigenvalue weighted by molar-refractivity contribution is 5.97. The van der Waals surface area contributed by atoms with Crippen LogP contribution in [-0.2, 0) is 9.59 Å². The molecule has 0 saturated carbocycles. The van der Waals surface area contributed by atoms with Crippen molar-refractivity contribution in [2.75, 3.05) is 32.0 Å². The molecule has 1 aromatic carbocycles. The Labute approximate surface area is 148 Å². The fourth-order valence-corrected chi connectivity index (χ4v) is 2.74. The van der Waals surface area contributed by atoms with Gasteiger partial charge in [-0.15, -0.1) is 0 Å². The summed E-state index contributed by atoms with van der Waals surface area (Å²) < 4.78 is 0. The third-order valence-electron chi connectivity index (χ3n) is 4.42. The van der Waals surface area contributed by atoms with Gasteiger partial charge in [0.1, 0.15) is 0 Å². The van der Waals surface area contributed by atoms with Crippen molar-refractivity contribution < 1.29 is 14.4 Å². The molecule has 1 aromatic rings. The minimum Gasteiger partial charge on any atom is -0.339 e. The van der Waals surface area contributed by atoms with Gasteiger partial charge in [0.05, 0.1) is 6.54 Å². The van der Waals surface area contributed by atoms with Gasteiger partial charge >= 0.3 is 0 Å². The normalized spacial score (nSPS) is 14.7. The highest BCUT2D eigenvalue weighted by Crippen LogP contribution is 2.19. The number of rotatable bonds is 5. The summed E-state index contributed by atoms with van der Waals surface area (Å²) in [5.74, 6) is 0.0857. The third-order valence-corrected chi connectivity index (χ3v) is 4.42. The van der Waals surface area contributed by atoms with Gasteiger partial charge in [-0.3, -0.25) is 14.4 Å². The van der Waals surface area contributed by atoms with E-state index in [0.29, 0.717) is 17.2 Å². The fraction of sp³-hybridized carbons (Fsp3) is 0.421. The molecule has 6 nitrogen and oxygen atoms in total. The second-order valence-electron chi connectivity index (χ2n) is 6.50. The molecule has 1 aliphatic heterocycles. The van der Waals surface area contributed by atoms with E-state index in [0.717, 1.165) is 32.0 Å². The van der Waals surface area contributed by atoms with Gasteiger partial charge < -0.3 is 15.1 Å². The van der Waals surface area contributed by atoms with Gasteiger partial charge in [0.15, 0.2) is 0 Å². The van der Waals surface area contributed by atoms with E-state index >= 15 is 0 Å². The Kier molecular flexibility index (Phi) is 6.33. The number of nitrogens with one attached hydrogen (secondary N) is 1. The number of hydrogen-bond acceptors (Lipinski definition) is 3. The molecule has 0 spiro atoms.